The minimum atomic E-state index is -0.646. The Hall–Kier alpha value is -0.890. The minimum Gasteiger partial charge on any atom is -0.226 e. The van der Waals surface area contributed by atoms with Crippen molar-refractivity contribution in [2.75, 3.05) is 0 Å². The third kappa shape index (κ3) is 1.33. The van der Waals surface area contributed by atoms with Crippen molar-refractivity contribution in [3.8, 4) is 0 Å². The van der Waals surface area contributed by atoms with E-state index in [1.807, 2.05) is 0 Å². The molecule has 0 atom stereocenters. The maximum absolute atomic E-state index is 12.4. The van der Waals surface area contributed by atoms with E-state index < -0.39 is 5.95 Å². The molecule has 10 heavy (non-hydrogen) atoms. The fourth-order valence-electron chi connectivity index (χ4n) is 0.548. The quantitative estimate of drug-likeness (QED) is 0.571. The summed E-state index contributed by atoms with van der Waals surface area (Å²) in [6.07, 6.45) is 2.92. The smallest absolute Gasteiger partial charge is 0.226 e. The average molecular weight is 158 g/mol. The van der Waals surface area contributed by atoms with Gasteiger partial charge < -0.3 is 0 Å². The molecule has 1 aromatic rings. The highest BCUT2D eigenvalue weighted by molar-refractivity contribution is 6.30. The molecule has 0 spiro atoms. The largest absolute Gasteiger partial charge is 0.231 e. The molecular formula is C7H5ClFN. The molecule has 0 saturated carbocycles. The van der Waals surface area contributed by atoms with E-state index in [2.05, 4.69) is 11.6 Å². The van der Waals surface area contributed by atoms with Crippen LogP contribution in [0.1, 0.15) is 5.56 Å². The van der Waals surface area contributed by atoms with Gasteiger partial charge in [-0.3, -0.25) is 0 Å². The first-order valence-corrected chi connectivity index (χ1v) is 3.05. The average Bonchev–Trinajstić information content (AvgIpc) is 1.95. The Morgan fingerprint density at radius 1 is 1.70 bits per heavy atom. The lowest BCUT2D eigenvalue weighted by atomic mass is 10.3. The summed E-state index contributed by atoms with van der Waals surface area (Å²) in [7, 11) is 0. The van der Waals surface area contributed by atoms with Crippen molar-refractivity contribution in [3.63, 3.8) is 0 Å². The van der Waals surface area contributed by atoms with E-state index in [0.29, 0.717) is 5.56 Å². The van der Waals surface area contributed by atoms with Crippen LogP contribution in [-0.4, -0.2) is 4.98 Å². The predicted molar refractivity (Wildman–Crippen MR) is 39.3 cm³/mol. The van der Waals surface area contributed by atoms with Crippen molar-refractivity contribution in [1.29, 1.82) is 0 Å². The monoisotopic (exact) mass is 157 g/mol. The highest BCUT2D eigenvalue weighted by Gasteiger charge is 1.98. The maximum Gasteiger partial charge on any atom is 0.231 e. The lowest BCUT2D eigenvalue weighted by molar-refractivity contribution is 0.584. The Morgan fingerprint density at radius 3 is 2.90 bits per heavy atom. The van der Waals surface area contributed by atoms with Gasteiger partial charge in [0, 0.05) is 6.20 Å². The number of rotatable bonds is 1. The molecule has 52 valence electrons. The van der Waals surface area contributed by atoms with Gasteiger partial charge in [0.15, 0.2) is 0 Å². The Labute approximate surface area is 63.2 Å². The highest BCUT2D eigenvalue weighted by atomic mass is 35.5. The minimum absolute atomic E-state index is 0.0254. The number of hydrogen-bond donors (Lipinski definition) is 0. The fourth-order valence-corrected chi connectivity index (χ4v) is 0.722. The van der Waals surface area contributed by atoms with Crippen LogP contribution in [0.25, 0.3) is 6.08 Å². The summed E-state index contributed by atoms with van der Waals surface area (Å²) in [5, 5.41) is 0.0254. The van der Waals surface area contributed by atoms with E-state index in [4.69, 9.17) is 11.6 Å². The molecule has 0 amide bonds. The Bertz CT molecular complexity index is 260. The standard InChI is InChI=1S/C7H5ClFN/c1-2-5-3-6(8)7(9)10-4-5/h2-4H,1H2. The summed E-state index contributed by atoms with van der Waals surface area (Å²) in [6.45, 7) is 3.48. The van der Waals surface area contributed by atoms with Gasteiger partial charge in [0.2, 0.25) is 5.95 Å². The molecule has 0 aromatic carbocycles. The zero-order valence-electron chi connectivity index (χ0n) is 5.14. The molecule has 1 heterocycles. The van der Waals surface area contributed by atoms with Crippen molar-refractivity contribution in [1.82, 2.24) is 4.98 Å². The molecule has 0 N–H and O–H groups in total. The molecule has 1 rings (SSSR count). The molecule has 0 saturated heterocycles. The molecule has 0 aliphatic heterocycles. The maximum atomic E-state index is 12.4. The molecule has 0 fully saturated rings. The number of halogens is 2. The first-order chi connectivity index (χ1) is 4.74. The molecule has 0 unspecified atom stereocenters. The van der Waals surface area contributed by atoms with Gasteiger partial charge in [-0.1, -0.05) is 24.3 Å². The molecule has 1 aromatic heterocycles. The molecule has 3 heteroatoms. The van der Waals surface area contributed by atoms with Crippen LogP contribution in [0.5, 0.6) is 0 Å². The number of aromatic nitrogens is 1. The number of nitrogens with zero attached hydrogens (tertiary/aromatic N) is 1. The Kier molecular flexibility index (Phi) is 2.02. The van der Waals surface area contributed by atoms with Crippen LogP contribution in [0.15, 0.2) is 18.8 Å². The molecular weight excluding hydrogens is 153 g/mol. The molecule has 0 aliphatic carbocycles. The van der Waals surface area contributed by atoms with Crippen LogP contribution in [0.3, 0.4) is 0 Å². The lowest BCUT2D eigenvalue weighted by Gasteiger charge is -1.93. The molecule has 0 radical (unpaired) electrons. The second kappa shape index (κ2) is 2.80. The molecule has 1 nitrogen and oxygen atoms in total. The van der Waals surface area contributed by atoms with Gasteiger partial charge in [-0.15, -0.1) is 0 Å². The van der Waals surface area contributed by atoms with E-state index in [1.54, 1.807) is 6.08 Å². The summed E-state index contributed by atoms with van der Waals surface area (Å²) in [4.78, 5) is 3.38. The van der Waals surface area contributed by atoms with Crippen molar-refractivity contribution in [2.24, 2.45) is 0 Å². The zero-order chi connectivity index (χ0) is 7.56. The second-order valence-corrected chi connectivity index (χ2v) is 2.15. The summed E-state index contributed by atoms with van der Waals surface area (Å²) in [5.74, 6) is -0.646. The Balaban J connectivity index is 3.16. The van der Waals surface area contributed by atoms with Gasteiger partial charge in [0.1, 0.15) is 0 Å². The van der Waals surface area contributed by atoms with E-state index in [9.17, 15) is 4.39 Å². The third-order valence-corrected chi connectivity index (χ3v) is 1.32. The summed E-state index contributed by atoms with van der Waals surface area (Å²) < 4.78 is 12.4. The number of hydrogen-bond acceptors (Lipinski definition) is 1. The van der Waals surface area contributed by atoms with E-state index in [-0.39, 0.29) is 5.02 Å². The van der Waals surface area contributed by atoms with Crippen LogP contribution in [0.2, 0.25) is 5.02 Å². The van der Waals surface area contributed by atoms with Crippen molar-refractivity contribution >= 4 is 17.7 Å². The van der Waals surface area contributed by atoms with Gasteiger partial charge in [0.25, 0.3) is 0 Å². The summed E-state index contributed by atoms with van der Waals surface area (Å²) in [6, 6.07) is 1.47. The Morgan fingerprint density at radius 2 is 2.40 bits per heavy atom. The van der Waals surface area contributed by atoms with E-state index >= 15 is 0 Å². The van der Waals surface area contributed by atoms with Gasteiger partial charge in [-0.2, -0.15) is 4.39 Å². The van der Waals surface area contributed by atoms with Gasteiger partial charge in [0.05, 0.1) is 5.02 Å². The van der Waals surface area contributed by atoms with Crippen LogP contribution in [0.4, 0.5) is 4.39 Å². The van der Waals surface area contributed by atoms with E-state index in [1.165, 1.54) is 12.3 Å². The van der Waals surface area contributed by atoms with E-state index in [0.717, 1.165) is 0 Å². The topological polar surface area (TPSA) is 12.9 Å². The summed E-state index contributed by atoms with van der Waals surface area (Å²) in [5.41, 5.74) is 0.714. The van der Waals surface area contributed by atoms with Gasteiger partial charge in [-0.25, -0.2) is 4.98 Å². The van der Waals surface area contributed by atoms with Crippen LogP contribution >= 0.6 is 11.6 Å². The lowest BCUT2D eigenvalue weighted by Crippen LogP contribution is -1.83. The van der Waals surface area contributed by atoms with Crippen molar-refractivity contribution in [3.05, 3.63) is 35.4 Å². The first kappa shape index (κ1) is 7.22. The van der Waals surface area contributed by atoms with Crippen molar-refractivity contribution < 1.29 is 4.39 Å². The van der Waals surface area contributed by atoms with Crippen LogP contribution in [-0.2, 0) is 0 Å². The predicted octanol–water partition coefficient (Wildman–Crippen LogP) is 2.52. The SMILES string of the molecule is C=Cc1cnc(F)c(Cl)c1. The van der Waals surface area contributed by atoms with Crippen LogP contribution in [0, 0.1) is 5.95 Å². The highest BCUT2D eigenvalue weighted by Crippen LogP contribution is 2.13. The third-order valence-electron chi connectivity index (χ3n) is 1.05. The second-order valence-electron chi connectivity index (χ2n) is 1.75. The molecule has 0 bridgehead atoms. The fraction of sp³-hybridized carbons (Fsp3) is 0. The molecule has 0 aliphatic rings. The van der Waals surface area contributed by atoms with Gasteiger partial charge >= 0.3 is 0 Å². The van der Waals surface area contributed by atoms with Crippen LogP contribution < -0.4 is 0 Å². The van der Waals surface area contributed by atoms with Gasteiger partial charge in [-0.05, 0) is 11.6 Å². The van der Waals surface area contributed by atoms with Crippen molar-refractivity contribution in [2.45, 2.75) is 0 Å². The normalized spacial score (nSPS) is 9.40. The first-order valence-electron chi connectivity index (χ1n) is 2.67. The zero-order valence-corrected chi connectivity index (χ0v) is 5.90. The number of pyridine rings is 1. The summed E-state index contributed by atoms with van der Waals surface area (Å²) >= 11 is 5.41.